The van der Waals surface area contributed by atoms with E-state index in [1.165, 1.54) is 60.9 Å². The summed E-state index contributed by atoms with van der Waals surface area (Å²) in [6, 6.07) is 0.186. The Balaban J connectivity index is 1.80. The average molecular weight is 265 g/mol. The summed E-state index contributed by atoms with van der Waals surface area (Å²) < 4.78 is 0. The van der Waals surface area contributed by atoms with E-state index in [0.29, 0.717) is 0 Å². The Labute approximate surface area is 113 Å². The molecule has 2 atom stereocenters. The van der Waals surface area contributed by atoms with E-state index in [2.05, 4.69) is 11.8 Å². The maximum Gasteiger partial charge on any atom is 0.185 e. The molecule has 1 aliphatic heterocycles. The predicted molar refractivity (Wildman–Crippen MR) is 77.2 cm³/mol. The molecule has 0 aromatic carbocycles. The lowest BCUT2D eigenvalue weighted by atomic mass is 9.96. The van der Waals surface area contributed by atoms with Gasteiger partial charge < -0.3 is 10.6 Å². The first-order valence-corrected chi connectivity index (χ1v) is 8.09. The van der Waals surface area contributed by atoms with E-state index < -0.39 is 0 Å². The Bertz CT molecular complexity index is 415. The van der Waals surface area contributed by atoms with Crippen molar-refractivity contribution in [1.82, 2.24) is 4.98 Å². The van der Waals surface area contributed by atoms with Crippen LogP contribution in [0.15, 0.2) is 0 Å². The first kappa shape index (κ1) is 12.4. The highest BCUT2D eigenvalue weighted by atomic mass is 32.1. The number of hydrogen-bond acceptors (Lipinski definition) is 4. The van der Waals surface area contributed by atoms with Gasteiger partial charge in [-0.05, 0) is 38.0 Å². The Kier molecular flexibility index (Phi) is 3.57. The van der Waals surface area contributed by atoms with Gasteiger partial charge in [0.15, 0.2) is 5.13 Å². The third kappa shape index (κ3) is 2.28. The summed E-state index contributed by atoms with van der Waals surface area (Å²) in [4.78, 5) is 8.78. The largest absolute Gasteiger partial charge is 0.348 e. The summed E-state index contributed by atoms with van der Waals surface area (Å²) in [5, 5.41) is 1.23. The highest BCUT2D eigenvalue weighted by molar-refractivity contribution is 7.15. The van der Waals surface area contributed by atoms with Crippen LogP contribution < -0.4 is 10.6 Å². The monoisotopic (exact) mass is 265 g/mol. The molecule has 4 heteroatoms. The Morgan fingerprint density at radius 1 is 1.39 bits per heavy atom. The standard InChI is InChI=1S/C14H23N3S/c1-2-10-5-4-8-17(9-10)14-16-13-11(15)6-3-7-12(13)18-14/h10-11H,2-9,15H2,1H3. The molecule has 18 heavy (non-hydrogen) atoms. The van der Waals surface area contributed by atoms with Gasteiger partial charge in [0.05, 0.1) is 5.69 Å². The van der Waals surface area contributed by atoms with Gasteiger partial charge in [-0.1, -0.05) is 13.3 Å². The number of hydrogen-bond donors (Lipinski definition) is 1. The summed E-state index contributed by atoms with van der Waals surface area (Å²) in [6.45, 7) is 4.67. The van der Waals surface area contributed by atoms with E-state index in [1.54, 1.807) is 0 Å². The number of aromatic nitrogens is 1. The molecule has 1 aromatic rings. The number of anilines is 1. The van der Waals surface area contributed by atoms with E-state index in [0.717, 1.165) is 12.3 Å². The van der Waals surface area contributed by atoms with Crippen molar-refractivity contribution in [2.24, 2.45) is 11.7 Å². The molecule has 2 aliphatic rings. The minimum atomic E-state index is 0.186. The van der Waals surface area contributed by atoms with Gasteiger partial charge in [0.25, 0.3) is 0 Å². The van der Waals surface area contributed by atoms with Crippen molar-refractivity contribution in [1.29, 1.82) is 0 Å². The zero-order chi connectivity index (χ0) is 12.5. The van der Waals surface area contributed by atoms with Crippen LogP contribution in [0, 0.1) is 5.92 Å². The quantitative estimate of drug-likeness (QED) is 0.893. The van der Waals surface area contributed by atoms with E-state index in [-0.39, 0.29) is 6.04 Å². The van der Waals surface area contributed by atoms with Crippen LogP contribution in [0.5, 0.6) is 0 Å². The van der Waals surface area contributed by atoms with Crippen molar-refractivity contribution in [3.63, 3.8) is 0 Å². The Morgan fingerprint density at radius 3 is 3.06 bits per heavy atom. The highest BCUT2D eigenvalue weighted by Gasteiger charge is 2.26. The van der Waals surface area contributed by atoms with Crippen LogP contribution in [-0.4, -0.2) is 18.1 Å². The molecule has 2 heterocycles. The number of aryl methyl sites for hydroxylation is 1. The van der Waals surface area contributed by atoms with Gasteiger partial charge in [0.2, 0.25) is 0 Å². The molecule has 1 aliphatic carbocycles. The molecular weight excluding hydrogens is 242 g/mol. The van der Waals surface area contributed by atoms with Crippen molar-refractivity contribution in [3.8, 4) is 0 Å². The fourth-order valence-electron chi connectivity index (χ4n) is 3.15. The molecule has 0 spiro atoms. The van der Waals surface area contributed by atoms with Crippen molar-refractivity contribution < 1.29 is 0 Å². The first-order chi connectivity index (χ1) is 8.78. The van der Waals surface area contributed by atoms with Gasteiger partial charge in [-0.2, -0.15) is 0 Å². The third-order valence-electron chi connectivity index (χ3n) is 4.35. The van der Waals surface area contributed by atoms with Crippen molar-refractivity contribution in [2.45, 2.75) is 51.5 Å². The SMILES string of the molecule is CCC1CCCN(c2nc3c(s2)CCCC3N)C1. The zero-order valence-corrected chi connectivity index (χ0v) is 12.0. The van der Waals surface area contributed by atoms with Gasteiger partial charge in [-0.15, -0.1) is 11.3 Å². The summed E-state index contributed by atoms with van der Waals surface area (Å²) in [5.41, 5.74) is 7.36. The van der Waals surface area contributed by atoms with Gasteiger partial charge in [-0.3, -0.25) is 0 Å². The number of nitrogens with zero attached hydrogens (tertiary/aromatic N) is 2. The maximum absolute atomic E-state index is 6.17. The topological polar surface area (TPSA) is 42.2 Å². The third-order valence-corrected chi connectivity index (χ3v) is 5.55. The molecule has 0 bridgehead atoms. The van der Waals surface area contributed by atoms with E-state index in [9.17, 15) is 0 Å². The van der Waals surface area contributed by atoms with Crippen molar-refractivity contribution in [3.05, 3.63) is 10.6 Å². The molecule has 0 amide bonds. The molecule has 1 aromatic heterocycles. The van der Waals surface area contributed by atoms with Crippen LogP contribution in [0.1, 0.15) is 55.6 Å². The van der Waals surface area contributed by atoms with Crippen LogP contribution in [-0.2, 0) is 6.42 Å². The number of nitrogens with two attached hydrogens (primary N) is 1. The fourth-order valence-corrected chi connectivity index (χ4v) is 4.35. The van der Waals surface area contributed by atoms with E-state index >= 15 is 0 Å². The Morgan fingerprint density at radius 2 is 2.28 bits per heavy atom. The van der Waals surface area contributed by atoms with Crippen molar-refractivity contribution in [2.75, 3.05) is 18.0 Å². The maximum atomic E-state index is 6.17. The molecular formula is C14H23N3S. The smallest absolute Gasteiger partial charge is 0.185 e. The van der Waals surface area contributed by atoms with Crippen LogP contribution in [0.3, 0.4) is 0 Å². The molecule has 2 N–H and O–H groups in total. The molecule has 3 nitrogen and oxygen atoms in total. The second-order valence-electron chi connectivity index (χ2n) is 5.67. The molecule has 0 saturated carbocycles. The minimum Gasteiger partial charge on any atom is -0.348 e. The molecule has 1 fully saturated rings. The average Bonchev–Trinajstić information content (AvgIpc) is 2.84. The molecule has 3 rings (SSSR count). The van der Waals surface area contributed by atoms with Gasteiger partial charge in [0, 0.05) is 24.0 Å². The predicted octanol–water partition coefficient (Wildman–Crippen LogP) is 3.11. The minimum absolute atomic E-state index is 0.186. The van der Waals surface area contributed by atoms with Gasteiger partial charge in [0.1, 0.15) is 0 Å². The van der Waals surface area contributed by atoms with E-state index in [1.807, 2.05) is 11.3 Å². The summed E-state index contributed by atoms with van der Waals surface area (Å²) in [7, 11) is 0. The summed E-state index contributed by atoms with van der Waals surface area (Å²) in [5.74, 6) is 0.855. The van der Waals surface area contributed by atoms with Crippen LogP contribution in [0.2, 0.25) is 0 Å². The number of piperidine rings is 1. The molecule has 0 radical (unpaired) electrons. The number of rotatable bonds is 2. The second kappa shape index (κ2) is 5.17. The molecule has 2 unspecified atom stereocenters. The number of fused-ring (bicyclic) bond motifs is 1. The molecule has 100 valence electrons. The van der Waals surface area contributed by atoms with Crippen LogP contribution >= 0.6 is 11.3 Å². The lowest BCUT2D eigenvalue weighted by molar-refractivity contribution is 0.404. The number of thiazole rings is 1. The molecule has 1 saturated heterocycles. The van der Waals surface area contributed by atoms with Crippen molar-refractivity contribution >= 4 is 16.5 Å². The second-order valence-corrected chi connectivity index (χ2v) is 6.73. The zero-order valence-electron chi connectivity index (χ0n) is 11.2. The first-order valence-electron chi connectivity index (χ1n) is 7.28. The van der Waals surface area contributed by atoms with Gasteiger partial charge in [-0.25, -0.2) is 4.98 Å². The summed E-state index contributed by atoms with van der Waals surface area (Å²) >= 11 is 1.89. The van der Waals surface area contributed by atoms with Gasteiger partial charge >= 0.3 is 0 Å². The highest BCUT2D eigenvalue weighted by Crippen LogP contribution is 2.37. The normalized spacial score (nSPS) is 28.2. The summed E-state index contributed by atoms with van der Waals surface area (Å²) in [6.07, 6.45) is 7.51. The Hall–Kier alpha value is -0.610. The van der Waals surface area contributed by atoms with Crippen LogP contribution in [0.4, 0.5) is 5.13 Å². The lowest BCUT2D eigenvalue weighted by Gasteiger charge is -2.32. The fraction of sp³-hybridized carbons (Fsp3) is 0.786. The van der Waals surface area contributed by atoms with E-state index in [4.69, 9.17) is 10.7 Å². The van der Waals surface area contributed by atoms with Crippen LogP contribution in [0.25, 0.3) is 0 Å². The lowest BCUT2D eigenvalue weighted by Crippen LogP contribution is -2.35.